The number of hydrogen-bond acceptors (Lipinski definition) is 6. The summed E-state index contributed by atoms with van der Waals surface area (Å²) in [5, 5.41) is 3.32. The number of nitrogens with one attached hydrogen (secondary N) is 1. The molecule has 0 saturated carbocycles. The first-order valence-electron chi connectivity index (χ1n) is 9.38. The molecule has 1 heterocycles. The Kier molecular flexibility index (Phi) is 6.63. The topological polar surface area (TPSA) is 99.4 Å². The Hall–Kier alpha value is -3.61. The number of nitrogens with zero attached hydrogens (tertiary/aromatic N) is 2. The average molecular weight is 392 g/mol. The molecule has 0 atom stereocenters. The predicted octanol–water partition coefficient (Wildman–Crippen LogP) is 3.30. The number of ether oxygens (including phenoxy) is 2. The molecule has 3 rings (SSSR count). The van der Waals surface area contributed by atoms with Crippen LogP contribution in [0.4, 0.5) is 5.82 Å². The summed E-state index contributed by atoms with van der Waals surface area (Å²) in [7, 11) is 1.65. The van der Waals surface area contributed by atoms with Crippen molar-refractivity contribution in [2.45, 2.75) is 13.3 Å². The maximum absolute atomic E-state index is 11.3. The third-order valence-corrected chi connectivity index (χ3v) is 4.32. The summed E-state index contributed by atoms with van der Waals surface area (Å²) in [5.74, 6) is 1.05. The minimum Gasteiger partial charge on any atom is -0.497 e. The van der Waals surface area contributed by atoms with E-state index in [2.05, 4.69) is 15.3 Å². The number of carbonyl (C=O) groups excluding carboxylic acids is 1. The molecule has 0 aliphatic carbocycles. The molecule has 0 fully saturated rings. The molecule has 0 saturated heterocycles. The minimum atomic E-state index is -0.463. The Morgan fingerprint density at radius 1 is 1.07 bits per heavy atom. The number of hydrogen-bond donors (Lipinski definition) is 2. The van der Waals surface area contributed by atoms with E-state index in [-0.39, 0.29) is 0 Å². The van der Waals surface area contributed by atoms with Crippen LogP contribution >= 0.6 is 0 Å². The summed E-state index contributed by atoms with van der Waals surface area (Å²) in [6.45, 7) is 3.05. The summed E-state index contributed by atoms with van der Waals surface area (Å²) < 4.78 is 10.7. The molecule has 0 aliphatic rings. The van der Waals surface area contributed by atoms with E-state index >= 15 is 0 Å². The zero-order chi connectivity index (χ0) is 20.6. The van der Waals surface area contributed by atoms with Crippen LogP contribution in [-0.2, 0) is 6.42 Å². The van der Waals surface area contributed by atoms with E-state index in [1.165, 1.54) is 5.56 Å². The molecular weight excluding hydrogens is 368 g/mol. The van der Waals surface area contributed by atoms with Gasteiger partial charge in [0, 0.05) is 23.7 Å². The van der Waals surface area contributed by atoms with Gasteiger partial charge in [0.15, 0.2) is 0 Å². The van der Waals surface area contributed by atoms with Crippen molar-refractivity contribution >= 4 is 11.7 Å². The molecule has 7 heteroatoms. The van der Waals surface area contributed by atoms with Crippen molar-refractivity contribution in [1.82, 2.24) is 9.97 Å². The van der Waals surface area contributed by atoms with Crippen LogP contribution in [0.3, 0.4) is 0 Å². The Morgan fingerprint density at radius 3 is 2.41 bits per heavy atom. The minimum absolute atomic E-state index is 0.302. The first kappa shape index (κ1) is 20.1. The average Bonchev–Trinajstić information content (AvgIpc) is 2.74. The highest BCUT2D eigenvalue weighted by Crippen LogP contribution is 2.23. The number of rotatable bonds is 9. The summed E-state index contributed by atoms with van der Waals surface area (Å²) in [4.78, 5) is 20.1. The lowest BCUT2D eigenvalue weighted by atomic mass is 10.1. The van der Waals surface area contributed by atoms with Gasteiger partial charge in [-0.15, -0.1) is 0 Å². The largest absolute Gasteiger partial charge is 0.497 e. The lowest BCUT2D eigenvalue weighted by molar-refractivity contribution is 0.100. The third-order valence-electron chi connectivity index (χ3n) is 4.32. The molecule has 29 heavy (non-hydrogen) atoms. The van der Waals surface area contributed by atoms with E-state index in [0.717, 1.165) is 17.7 Å². The molecule has 3 aromatic rings. The van der Waals surface area contributed by atoms with Crippen LogP contribution < -0.4 is 20.5 Å². The Morgan fingerprint density at radius 2 is 1.79 bits per heavy atom. The third kappa shape index (κ3) is 5.44. The van der Waals surface area contributed by atoms with Crippen LogP contribution in [-0.4, -0.2) is 36.1 Å². The van der Waals surface area contributed by atoms with Crippen molar-refractivity contribution in [3.8, 4) is 23.0 Å². The second-order valence-electron chi connectivity index (χ2n) is 6.32. The highest BCUT2D eigenvalue weighted by Gasteiger charge is 2.09. The summed E-state index contributed by atoms with van der Waals surface area (Å²) in [6, 6.07) is 17.1. The second kappa shape index (κ2) is 9.54. The van der Waals surface area contributed by atoms with Crippen molar-refractivity contribution in [1.29, 1.82) is 0 Å². The van der Waals surface area contributed by atoms with Gasteiger partial charge >= 0.3 is 6.01 Å². The molecule has 0 aliphatic heterocycles. The Bertz CT molecular complexity index is 957. The second-order valence-corrected chi connectivity index (χ2v) is 6.32. The van der Waals surface area contributed by atoms with Gasteiger partial charge in [0.05, 0.1) is 19.4 Å². The summed E-state index contributed by atoms with van der Waals surface area (Å²) >= 11 is 0. The lowest BCUT2D eigenvalue weighted by Crippen LogP contribution is -2.10. The highest BCUT2D eigenvalue weighted by atomic mass is 16.5. The van der Waals surface area contributed by atoms with Gasteiger partial charge < -0.3 is 20.5 Å². The monoisotopic (exact) mass is 392 g/mol. The van der Waals surface area contributed by atoms with Crippen LogP contribution in [0.1, 0.15) is 22.8 Å². The van der Waals surface area contributed by atoms with Gasteiger partial charge in [-0.05, 0) is 43.2 Å². The lowest BCUT2D eigenvalue weighted by Gasteiger charge is -2.11. The van der Waals surface area contributed by atoms with Gasteiger partial charge in [-0.1, -0.05) is 24.3 Å². The molecule has 0 spiro atoms. The number of amides is 1. The van der Waals surface area contributed by atoms with Crippen molar-refractivity contribution in [2.24, 2.45) is 5.73 Å². The Balaban J connectivity index is 1.74. The van der Waals surface area contributed by atoms with Gasteiger partial charge in [-0.2, -0.15) is 9.97 Å². The predicted molar refractivity (Wildman–Crippen MR) is 112 cm³/mol. The fourth-order valence-corrected chi connectivity index (χ4v) is 2.79. The maximum atomic E-state index is 11.3. The van der Waals surface area contributed by atoms with Gasteiger partial charge in [0.25, 0.3) is 0 Å². The van der Waals surface area contributed by atoms with E-state index < -0.39 is 5.91 Å². The quantitative estimate of drug-likeness (QED) is 0.580. The molecule has 0 unspecified atom stereocenters. The zero-order valence-corrected chi connectivity index (χ0v) is 16.5. The molecule has 150 valence electrons. The van der Waals surface area contributed by atoms with Gasteiger partial charge in [-0.3, -0.25) is 4.79 Å². The smallest absolute Gasteiger partial charge is 0.318 e. The number of benzene rings is 2. The van der Waals surface area contributed by atoms with Crippen LogP contribution in [0.2, 0.25) is 0 Å². The van der Waals surface area contributed by atoms with Gasteiger partial charge in [0.2, 0.25) is 5.91 Å². The standard InChI is InChI=1S/C22H24N4O3/c1-3-29-22-25-19(16-6-8-17(9-7-16)21(23)27)14-20(26-22)24-13-12-15-4-10-18(28-2)11-5-15/h4-11,14H,3,12-13H2,1-2H3,(H2,23,27)(H,24,25,26). The molecule has 1 amide bonds. The molecule has 0 bridgehead atoms. The fourth-order valence-electron chi connectivity index (χ4n) is 2.79. The van der Waals surface area contributed by atoms with Crippen molar-refractivity contribution in [3.63, 3.8) is 0 Å². The van der Waals surface area contributed by atoms with Crippen LogP contribution in [0.15, 0.2) is 54.6 Å². The number of anilines is 1. The number of aromatic nitrogens is 2. The fraction of sp³-hybridized carbons (Fsp3) is 0.227. The molecule has 7 nitrogen and oxygen atoms in total. The van der Waals surface area contributed by atoms with Crippen molar-refractivity contribution in [2.75, 3.05) is 25.6 Å². The molecule has 3 N–H and O–H groups in total. The van der Waals surface area contributed by atoms with Crippen LogP contribution in [0.5, 0.6) is 11.8 Å². The summed E-state index contributed by atoms with van der Waals surface area (Å²) in [6.07, 6.45) is 0.834. The van der Waals surface area contributed by atoms with Crippen molar-refractivity contribution < 1.29 is 14.3 Å². The first-order valence-corrected chi connectivity index (χ1v) is 9.38. The molecular formula is C22H24N4O3. The van der Waals surface area contributed by atoms with E-state index in [1.54, 1.807) is 31.4 Å². The number of primary amides is 1. The van der Waals surface area contributed by atoms with E-state index in [1.807, 2.05) is 37.3 Å². The number of carbonyl (C=O) groups is 1. The van der Waals surface area contributed by atoms with E-state index in [9.17, 15) is 4.79 Å². The van der Waals surface area contributed by atoms with Crippen LogP contribution in [0.25, 0.3) is 11.3 Å². The molecule has 1 aromatic heterocycles. The normalized spacial score (nSPS) is 10.4. The van der Waals surface area contributed by atoms with E-state index in [0.29, 0.717) is 36.2 Å². The molecule has 2 aromatic carbocycles. The van der Waals surface area contributed by atoms with Crippen LogP contribution in [0, 0.1) is 0 Å². The van der Waals surface area contributed by atoms with Gasteiger partial charge in [0.1, 0.15) is 11.6 Å². The zero-order valence-electron chi connectivity index (χ0n) is 16.5. The maximum Gasteiger partial charge on any atom is 0.318 e. The summed E-state index contributed by atoms with van der Waals surface area (Å²) in [5.41, 5.74) is 8.50. The first-order chi connectivity index (χ1) is 14.1. The number of nitrogens with two attached hydrogens (primary N) is 1. The SMILES string of the molecule is CCOc1nc(NCCc2ccc(OC)cc2)cc(-c2ccc(C(N)=O)cc2)n1. The Labute approximate surface area is 169 Å². The van der Waals surface area contributed by atoms with E-state index in [4.69, 9.17) is 15.2 Å². The van der Waals surface area contributed by atoms with Gasteiger partial charge in [-0.25, -0.2) is 0 Å². The molecule has 0 radical (unpaired) electrons. The number of methoxy groups -OCH3 is 1. The van der Waals surface area contributed by atoms with Crippen molar-refractivity contribution in [3.05, 3.63) is 65.7 Å². The highest BCUT2D eigenvalue weighted by molar-refractivity contribution is 5.93.